The molecule has 1 saturated heterocycles. The van der Waals surface area contributed by atoms with Crippen LogP contribution in [0.15, 0.2) is 41.5 Å². The lowest BCUT2D eigenvalue weighted by Crippen LogP contribution is -2.36. The van der Waals surface area contributed by atoms with Gasteiger partial charge in [0.2, 0.25) is 5.91 Å². The molecule has 2 aromatic rings. The number of benzene rings is 2. The number of ether oxygens (including phenoxy) is 1. The van der Waals surface area contributed by atoms with Gasteiger partial charge in [0.25, 0.3) is 5.69 Å². The second-order valence-electron chi connectivity index (χ2n) is 7.00. The van der Waals surface area contributed by atoms with E-state index in [1.54, 1.807) is 12.1 Å². The highest BCUT2D eigenvalue weighted by Gasteiger charge is 2.21. The van der Waals surface area contributed by atoms with Crippen LogP contribution in [0.5, 0.6) is 0 Å². The van der Waals surface area contributed by atoms with E-state index in [0.717, 1.165) is 16.7 Å². The average Bonchev–Trinajstić information content (AvgIpc) is 2.70. The minimum Gasteiger partial charge on any atom is -0.378 e. The molecule has 2 aromatic carbocycles. The van der Waals surface area contributed by atoms with Crippen molar-refractivity contribution in [2.45, 2.75) is 20.3 Å². The van der Waals surface area contributed by atoms with E-state index in [1.165, 1.54) is 12.3 Å². The molecule has 1 amide bonds. The lowest BCUT2D eigenvalue weighted by atomic mass is 10.0. The number of nitro groups is 1. The fraction of sp³-hybridized carbons (Fsp3) is 0.333. The molecule has 0 radical (unpaired) electrons. The van der Waals surface area contributed by atoms with Crippen molar-refractivity contribution in [1.82, 2.24) is 5.43 Å². The molecule has 0 atom stereocenters. The van der Waals surface area contributed by atoms with Crippen molar-refractivity contribution in [3.63, 3.8) is 0 Å². The first-order valence-corrected chi connectivity index (χ1v) is 9.43. The van der Waals surface area contributed by atoms with Crippen LogP contribution in [0, 0.1) is 24.0 Å². The Balaban J connectivity index is 1.66. The Bertz CT molecular complexity index is 936. The summed E-state index contributed by atoms with van der Waals surface area (Å²) in [6, 6.07) is 10.8. The molecule has 8 heteroatoms. The van der Waals surface area contributed by atoms with Gasteiger partial charge in [-0.3, -0.25) is 14.9 Å². The quantitative estimate of drug-likeness (QED) is 0.460. The summed E-state index contributed by atoms with van der Waals surface area (Å²) < 4.78 is 5.30. The molecule has 0 unspecified atom stereocenters. The first-order valence-electron chi connectivity index (χ1n) is 9.43. The van der Waals surface area contributed by atoms with Crippen LogP contribution in [0.1, 0.15) is 22.3 Å². The summed E-state index contributed by atoms with van der Waals surface area (Å²) in [4.78, 5) is 25.2. The standard InChI is InChI=1S/C21H24N4O4/c1-15-3-5-18(16(2)11-15)13-21(26)23-22-14-17-4-6-19(20(12-17)25(27)28)24-7-9-29-10-8-24/h3-6,11-12,14H,7-10,13H2,1-2H3,(H,23,26)/b22-14+. The topological polar surface area (TPSA) is 97.1 Å². The highest BCUT2D eigenvalue weighted by Crippen LogP contribution is 2.29. The summed E-state index contributed by atoms with van der Waals surface area (Å²) in [5.41, 5.74) is 6.74. The second-order valence-corrected chi connectivity index (χ2v) is 7.00. The third-order valence-electron chi connectivity index (χ3n) is 4.80. The lowest BCUT2D eigenvalue weighted by molar-refractivity contribution is -0.384. The molecular formula is C21H24N4O4. The normalized spacial score (nSPS) is 14.2. The van der Waals surface area contributed by atoms with Crippen LogP contribution in [-0.4, -0.2) is 43.3 Å². The van der Waals surface area contributed by atoms with Crippen LogP contribution in [-0.2, 0) is 16.0 Å². The molecule has 1 fully saturated rings. The van der Waals surface area contributed by atoms with Gasteiger partial charge in [0.15, 0.2) is 0 Å². The van der Waals surface area contributed by atoms with Gasteiger partial charge in [-0.1, -0.05) is 29.8 Å². The summed E-state index contributed by atoms with van der Waals surface area (Å²) in [5, 5.41) is 15.4. The molecule has 29 heavy (non-hydrogen) atoms. The number of anilines is 1. The van der Waals surface area contributed by atoms with E-state index in [4.69, 9.17) is 4.74 Å². The van der Waals surface area contributed by atoms with E-state index in [9.17, 15) is 14.9 Å². The van der Waals surface area contributed by atoms with E-state index in [2.05, 4.69) is 10.5 Å². The monoisotopic (exact) mass is 396 g/mol. The predicted octanol–water partition coefficient (Wildman–Crippen LogP) is 2.74. The smallest absolute Gasteiger partial charge is 0.293 e. The van der Waals surface area contributed by atoms with E-state index >= 15 is 0 Å². The minimum atomic E-state index is -0.402. The third-order valence-corrected chi connectivity index (χ3v) is 4.80. The van der Waals surface area contributed by atoms with E-state index < -0.39 is 4.92 Å². The Hall–Kier alpha value is -3.26. The number of hydrazone groups is 1. The van der Waals surface area contributed by atoms with Crippen LogP contribution in [0.3, 0.4) is 0 Å². The number of rotatable bonds is 6. The molecule has 0 aliphatic carbocycles. The number of nitrogens with one attached hydrogen (secondary N) is 1. The van der Waals surface area contributed by atoms with Crippen molar-refractivity contribution < 1.29 is 14.5 Å². The maximum atomic E-state index is 12.1. The van der Waals surface area contributed by atoms with Crippen molar-refractivity contribution >= 4 is 23.5 Å². The Labute approximate surface area is 169 Å². The zero-order chi connectivity index (χ0) is 20.8. The molecule has 1 heterocycles. The van der Waals surface area contributed by atoms with Crippen molar-refractivity contribution in [1.29, 1.82) is 0 Å². The number of carbonyl (C=O) groups excluding carboxylic acids is 1. The zero-order valence-corrected chi connectivity index (χ0v) is 16.6. The summed E-state index contributed by atoms with van der Waals surface area (Å²) in [6.45, 7) is 6.30. The number of aryl methyl sites for hydroxylation is 2. The zero-order valence-electron chi connectivity index (χ0n) is 16.6. The number of carbonyl (C=O) groups is 1. The Morgan fingerprint density at radius 3 is 2.69 bits per heavy atom. The first-order chi connectivity index (χ1) is 13.9. The number of nitrogens with zero attached hydrogens (tertiary/aromatic N) is 3. The van der Waals surface area contributed by atoms with Gasteiger partial charge in [0.05, 0.1) is 30.8 Å². The molecule has 0 saturated carbocycles. The third kappa shape index (κ3) is 5.39. The molecule has 8 nitrogen and oxygen atoms in total. The molecular weight excluding hydrogens is 372 g/mol. The maximum Gasteiger partial charge on any atom is 0.293 e. The predicted molar refractivity (Wildman–Crippen MR) is 111 cm³/mol. The SMILES string of the molecule is Cc1ccc(CC(=O)N/N=C/c2ccc(N3CCOCC3)c([N+](=O)[O-])c2)c(C)c1. The summed E-state index contributed by atoms with van der Waals surface area (Å²) in [7, 11) is 0. The van der Waals surface area contributed by atoms with E-state index in [0.29, 0.717) is 37.6 Å². The molecule has 1 N–H and O–H groups in total. The maximum absolute atomic E-state index is 12.1. The molecule has 152 valence electrons. The summed E-state index contributed by atoms with van der Waals surface area (Å²) in [5.74, 6) is -0.243. The van der Waals surface area contributed by atoms with Crippen molar-refractivity contribution in [3.05, 3.63) is 68.8 Å². The largest absolute Gasteiger partial charge is 0.378 e. The fourth-order valence-electron chi connectivity index (χ4n) is 3.27. The molecule has 0 aromatic heterocycles. The Kier molecular flexibility index (Phi) is 6.56. The van der Waals surface area contributed by atoms with Crippen molar-refractivity contribution in [3.8, 4) is 0 Å². The highest BCUT2D eigenvalue weighted by molar-refractivity contribution is 5.85. The van der Waals surface area contributed by atoms with Gasteiger partial charge < -0.3 is 9.64 Å². The van der Waals surface area contributed by atoms with Gasteiger partial charge in [-0.25, -0.2) is 5.43 Å². The average molecular weight is 396 g/mol. The summed E-state index contributed by atoms with van der Waals surface area (Å²) in [6.07, 6.45) is 1.63. The number of morpholine rings is 1. The van der Waals surface area contributed by atoms with Crippen LogP contribution in [0.25, 0.3) is 0 Å². The molecule has 3 rings (SSSR count). The van der Waals surface area contributed by atoms with Gasteiger partial charge in [0.1, 0.15) is 5.69 Å². The first kappa shape index (κ1) is 20.5. The number of hydrogen-bond acceptors (Lipinski definition) is 6. The highest BCUT2D eigenvalue weighted by atomic mass is 16.6. The Morgan fingerprint density at radius 1 is 1.24 bits per heavy atom. The van der Waals surface area contributed by atoms with Gasteiger partial charge in [-0.15, -0.1) is 0 Å². The van der Waals surface area contributed by atoms with Crippen molar-refractivity contribution in [2.24, 2.45) is 5.10 Å². The lowest BCUT2D eigenvalue weighted by Gasteiger charge is -2.28. The molecule has 0 spiro atoms. The second kappa shape index (κ2) is 9.29. The van der Waals surface area contributed by atoms with Gasteiger partial charge in [-0.05, 0) is 31.0 Å². The van der Waals surface area contributed by atoms with E-state index in [-0.39, 0.29) is 18.0 Å². The van der Waals surface area contributed by atoms with Crippen LogP contribution in [0.4, 0.5) is 11.4 Å². The molecule has 1 aliphatic heterocycles. The van der Waals surface area contributed by atoms with Crippen LogP contribution in [0.2, 0.25) is 0 Å². The van der Waals surface area contributed by atoms with Gasteiger partial charge in [-0.2, -0.15) is 5.10 Å². The van der Waals surface area contributed by atoms with E-state index in [1.807, 2.05) is 36.9 Å². The number of amides is 1. The Morgan fingerprint density at radius 2 is 2.00 bits per heavy atom. The van der Waals surface area contributed by atoms with Gasteiger partial charge in [0, 0.05) is 24.7 Å². The van der Waals surface area contributed by atoms with Gasteiger partial charge >= 0.3 is 0 Å². The van der Waals surface area contributed by atoms with Crippen LogP contribution >= 0.6 is 0 Å². The number of nitro benzene ring substituents is 1. The van der Waals surface area contributed by atoms with Crippen molar-refractivity contribution in [2.75, 3.05) is 31.2 Å². The molecule has 0 bridgehead atoms. The van der Waals surface area contributed by atoms with Crippen LogP contribution < -0.4 is 10.3 Å². The molecule has 1 aliphatic rings. The number of hydrogen-bond donors (Lipinski definition) is 1. The fourth-order valence-corrected chi connectivity index (χ4v) is 3.27. The summed E-state index contributed by atoms with van der Waals surface area (Å²) >= 11 is 0. The minimum absolute atomic E-state index is 0.0115.